The van der Waals surface area contributed by atoms with Crippen LogP contribution in [0.15, 0.2) is 17.5 Å². The van der Waals surface area contributed by atoms with Crippen LogP contribution in [0.2, 0.25) is 0 Å². The highest BCUT2D eigenvalue weighted by molar-refractivity contribution is 7.15. The second kappa shape index (κ2) is 6.36. The van der Waals surface area contributed by atoms with Crippen LogP contribution in [0.1, 0.15) is 39.1 Å². The fraction of sp³-hybridized carbons (Fsp3) is 0.467. The van der Waals surface area contributed by atoms with E-state index in [-0.39, 0.29) is 24.0 Å². The van der Waals surface area contributed by atoms with Crippen molar-refractivity contribution < 1.29 is 14.6 Å². The van der Waals surface area contributed by atoms with Crippen LogP contribution in [-0.2, 0) is 0 Å². The van der Waals surface area contributed by atoms with E-state index in [4.69, 9.17) is 4.74 Å². The van der Waals surface area contributed by atoms with Gasteiger partial charge in [-0.15, -0.1) is 11.3 Å². The summed E-state index contributed by atoms with van der Waals surface area (Å²) in [7, 11) is 1.55. The topological polar surface area (TPSA) is 71.5 Å². The highest BCUT2D eigenvalue weighted by Gasteiger charge is 2.36. The molecule has 7 heteroatoms. The van der Waals surface area contributed by atoms with E-state index in [0.717, 1.165) is 17.7 Å². The first-order valence-electron chi connectivity index (χ1n) is 7.12. The summed E-state index contributed by atoms with van der Waals surface area (Å²) in [5.74, 6) is 0.158. The van der Waals surface area contributed by atoms with E-state index < -0.39 is 0 Å². The molecule has 1 saturated carbocycles. The number of thiazole rings is 1. The van der Waals surface area contributed by atoms with Gasteiger partial charge in [-0.2, -0.15) is 0 Å². The normalized spacial score (nSPS) is 22.0. The Kier molecular flexibility index (Phi) is 4.46. The molecule has 2 aromatic heterocycles. The fourth-order valence-corrected chi connectivity index (χ4v) is 4.32. The number of methoxy groups -OCH3 is 1. The van der Waals surface area contributed by atoms with Crippen LogP contribution in [0.25, 0.3) is 0 Å². The number of ether oxygens (including phenoxy) is 1. The number of thiophene rings is 1. The first-order chi connectivity index (χ1) is 10.6. The van der Waals surface area contributed by atoms with E-state index in [1.807, 2.05) is 17.5 Å². The van der Waals surface area contributed by atoms with Crippen LogP contribution >= 0.6 is 22.7 Å². The molecule has 22 heavy (non-hydrogen) atoms. The van der Waals surface area contributed by atoms with Crippen molar-refractivity contribution in [3.05, 3.63) is 33.0 Å². The standard InChI is InChI=1S/C15H18N2O3S2/c1-8-13(22-15(16-8)20-2)14(19)17-12(9-6-10(18)7-9)11-4-3-5-21-11/h3-5,9-10,12,18H,6-7H2,1-2H3,(H,17,19). The number of aryl methyl sites for hydroxylation is 1. The van der Waals surface area contributed by atoms with E-state index in [0.29, 0.717) is 15.8 Å². The van der Waals surface area contributed by atoms with E-state index in [9.17, 15) is 9.90 Å². The van der Waals surface area contributed by atoms with Crippen LogP contribution < -0.4 is 10.1 Å². The van der Waals surface area contributed by atoms with Crippen LogP contribution in [0.3, 0.4) is 0 Å². The maximum absolute atomic E-state index is 12.6. The highest BCUT2D eigenvalue weighted by atomic mass is 32.1. The highest BCUT2D eigenvalue weighted by Crippen LogP contribution is 2.40. The second-order valence-corrected chi connectivity index (χ2v) is 7.39. The Morgan fingerprint density at radius 2 is 2.32 bits per heavy atom. The van der Waals surface area contributed by atoms with Gasteiger partial charge in [0.2, 0.25) is 0 Å². The average Bonchev–Trinajstić information content (AvgIpc) is 3.10. The molecule has 118 valence electrons. The lowest BCUT2D eigenvalue weighted by Gasteiger charge is -2.37. The summed E-state index contributed by atoms with van der Waals surface area (Å²) in [5, 5.41) is 15.2. The number of hydrogen-bond donors (Lipinski definition) is 2. The Morgan fingerprint density at radius 1 is 1.55 bits per heavy atom. The maximum Gasteiger partial charge on any atom is 0.273 e. The molecule has 1 atom stereocenters. The third-order valence-electron chi connectivity index (χ3n) is 3.92. The van der Waals surface area contributed by atoms with Crippen molar-refractivity contribution in [1.29, 1.82) is 0 Å². The molecule has 0 spiro atoms. The quantitative estimate of drug-likeness (QED) is 0.879. The predicted molar refractivity (Wildman–Crippen MR) is 86.7 cm³/mol. The number of carbonyl (C=O) groups is 1. The Bertz CT molecular complexity index is 648. The van der Waals surface area contributed by atoms with Crippen LogP contribution in [-0.4, -0.2) is 29.2 Å². The number of rotatable bonds is 5. The van der Waals surface area contributed by atoms with E-state index in [1.54, 1.807) is 25.4 Å². The summed E-state index contributed by atoms with van der Waals surface area (Å²) < 4.78 is 5.09. The molecular weight excluding hydrogens is 320 g/mol. The van der Waals surface area contributed by atoms with Gasteiger partial charge in [-0.1, -0.05) is 17.4 Å². The Balaban J connectivity index is 1.78. The van der Waals surface area contributed by atoms with Gasteiger partial charge in [0.05, 0.1) is 24.9 Å². The molecule has 0 saturated heterocycles. The first-order valence-corrected chi connectivity index (χ1v) is 8.82. The van der Waals surface area contributed by atoms with Gasteiger partial charge in [0.1, 0.15) is 4.88 Å². The molecule has 1 aliphatic carbocycles. The summed E-state index contributed by atoms with van der Waals surface area (Å²) >= 11 is 2.88. The van der Waals surface area contributed by atoms with Gasteiger partial charge in [0, 0.05) is 4.88 Å². The lowest BCUT2D eigenvalue weighted by atomic mass is 9.76. The first kappa shape index (κ1) is 15.5. The predicted octanol–water partition coefficient (Wildman–Crippen LogP) is 2.76. The van der Waals surface area contributed by atoms with Crippen molar-refractivity contribution in [2.24, 2.45) is 5.92 Å². The van der Waals surface area contributed by atoms with E-state index >= 15 is 0 Å². The lowest BCUT2D eigenvalue weighted by molar-refractivity contribution is 0.0241. The summed E-state index contributed by atoms with van der Waals surface area (Å²) in [6, 6.07) is 3.96. The number of carbonyl (C=O) groups excluding carboxylic acids is 1. The van der Waals surface area contributed by atoms with Crippen molar-refractivity contribution in [3.63, 3.8) is 0 Å². The van der Waals surface area contributed by atoms with Crippen molar-refractivity contribution in [2.45, 2.75) is 31.9 Å². The number of hydrogen-bond acceptors (Lipinski definition) is 6. The molecule has 0 radical (unpaired) electrons. The minimum Gasteiger partial charge on any atom is -0.473 e. The zero-order valence-electron chi connectivity index (χ0n) is 12.4. The zero-order valence-corrected chi connectivity index (χ0v) is 14.0. The molecule has 2 heterocycles. The third-order valence-corrected chi connectivity index (χ3v) is 5.99. The number of aliphatic hydroxyl groups is 1. The molecule has 2 aromatic rings. The van der Waals surface area contributed by atoms with Gasteiger partial charge in [-0.25, -0.2) is 4.98 Å². The molecule has 1 aliphatic rings. The van der Waals surface area contributed by atoms with Gasteiger partial charge >= 0.3 is 0 Å². The number of nitrogens with one attached hydrogen (secondary N) is 1. The van der Waals surface area contributed by atoms with E-state index in [1.165, 1.54) is 11.3 Å². The average molecular weight is 338 g/mol. The van der Waals surface area contributed by atoms with Crippen molar-refractivity contribution in [1.82, 2.24) is 10.3 Å². The monoisotopic (exact) mass is 338 g/mol. The van der Waals surface area contributed by atoms with Crippen molar-refractivity contribution in [3.8, 4) is 5.19 Å². The van der Waals surface area contributed by atoms with Crippen LogP contribution in [0.5, 0.6) is 5.19 Å². The van der Waals surface area contributed by atoms with E-state index in [2.05, 4.69) is 10.3 Å². The number of aliphatic hydroxyl groups excluding tert-OH is 1. The Morgan fingerprint density at radius 3 is 2.86 bits per heavy atom. The molecule has 1 unspecified atom stereocenters. The second-order valence-electron chi connectivity index (χ2n) is 5.45. The molecular formula is C15H18N2O3S2. The summed E-state index contributed by atoms with van der Waals surface area (Å²) in [4.78, 5) is 18.5. The molecule has 0 bridgehead atoms. The third kappa shape index (κ3) is 3.02. The van der Waals surface area contributed by atoms with Gasteiger partial charge in [-0.3, -0.25) is 4.79 Å². The lowest BCUT2D eigenvalue weighted by Crippen LogP contribution is -2.41. The molecule has 3 rings (SSSR count). The number of nitrogens with zero attached hydrogens (tertiary/aromatic N) is 1. The Labute approximate surface area is 137 Å². The summed E-state index contributed by atoms with van der Waals surface area (Å²) in [6.45, 7) is 1.81. The van der Waals surface area contributed by atoms with Gasteiger partial charge < -0.3 is 15.2 Å². The van der Waals surface area contributed by atoms with Crippen molar-refractivity contribution in [2.75, 3.05) is 7.11 Å². The maximum atomic E-state index is 12.6. The van der Waals surface area contributed by atoms with Gasteiger partial charge in [-0.05, 0) is 37.1 Å². The molecule has 5 nitrogen and oxygen atoms in total. The molecule has 2 N–H and O–H groups in total. The smallest absolute Gasteiger partial charge is 0.273 e. The number of amides is 1. The zero-order chi connectivity index (χ0) is 15.7. The molecule has 1 fully saturated rings. The van der Waals surface area contributed by atoms with Gasteiger partial charge in [0.25, 0.3) is 11.1 Å². The molecule has 0 aliphatic heterocycles. The SMILES string of the molecule is COc1nc(C)c(C(=O)NC(c2cccs2)C2CC(O)C2)s1. The van der Waals surface area contributed by atoms with Crippen LogP contribution in [0.4, 0.5) is 0 Å². The van der Waals surface area contributed by atoms with Crippen LogP contribution in [0, 0.1) is 12.8 Å². The molecule has 1 amide bonds. The Hall–Kier alpha value is -1.44. The number of aromatic nitrogens is 1. The molecule has 0 aromatic carbocycles. The fourth-order valence-electron chi connectivity index (χ4n) is 2.67. The largest absolute Gasteiger partial charge is 0.473 e. The minimum atomic E-state index is -0.241. The summed E-state index contributed by atoms with van der Waals surface area (Å²) in [5.41, 5.74) is 0.679. The summed E-state index contributed by atoms with van der Waals surface area (Å²) in [6.07, 6.45) is 1.22. The van der Waals surface area contributed by atoms with Crippen molar-refractivity contribution >= 4 is 28.6 Å². The van der Waals surface area contributed by atoms with Gasteiger partial charge in [0.15, 0.2) is 0 Å². The minimum absolute atomic E-state index is 0.0524.